The number of nitrogens with one attached hydrogen (secondary N) is 1. The number of hydrogen-bond donors (Lipinski definition) is 3. The normalized spacial score (nSPS) is 19.1. The number of carbonyl (C=O) groups excluding carboxylic acids is 1. The molecule has 2 rings (SSSR count). The molecule has 3 N–H and O–H groups in total. The largest absolute Gasteiger partial charge is 0.347 e. The molecule has 7 heteroatoms. The summed E-state index contributed by atoms with van der Waals surface area (Å²) in [7, 11) is -4.26. The van der Waals surface area contributed by atoms with Gasteiger partial charge in [0.15, 0.2) is 0 Å². The van der Waals surface area contributed by atoms with Crippen molar-refractivity contribution in [2.45, 2.75) is 32.1 Å². The van der Waals surface area contributed by atoms with E-state index in [9.17, 15) is 19.1 Å². The molecular formula is C13H19N2O4P. The van der Waals surface area contributed by atoms with Crippen molar-refractivity contribution < 1.29 is 19.1 Å². The van der Waals surface area contributed by atoms with Gasteiger partial charge in [-0.3, -0.25) is 4.57 Å². The van der Waals surface area contributed by atoms with E-state index in [-0.39, 0.29) is 0 Å². The van der Waals surface area contributed by atoms with Crippen molar-refractivity contribution >= 4 is 13.6 Å². The minimum Gasteiger partial charge on any atom is -0.334 e. The van der Waals surface area contributed by atoms with Crippen LogP contribution in [-0.2, 0) is 11.1 Å². The fourth-order valence-electron chi connectivity index (χ4n) is 2.32. The molecule has 0 aliphatic carbocycles. The van der Waals surface area contributed by atoms with E-state index in [0.29, 0.717) is 25.9 Å². The van der Waals surface area contributed by atoms with Crippen LogP contribution in [0.1, 0.15) is 24.0 Å². The predicted octanol–water partition coefficient (Wildman–Crippen LogP) is 1.80. The smallest absolute Gasteiger partial charge is 0.334 e. The molecule has 0 radical (unpaired) electrons. The zero-order valence-electron chi connectivity index (χ0n) is 11.3. The number of likely N-dealkylation sites (tertiary alicyclic amines) is 1. The van der Waals surface area contributed by atoms with Crippen LogP contribution in [0.3, 0.4) is 0 Å². The number of nitrogens with zero attached hydrogens (tertiary/aromatic N) is 1. The zero-order chi connectivity index (χ0) is 14.8. The van der Waals surface area contributed by atoms with Crippen molar-refractivity contribution in [3.05, 3.63) is 35.4 Å². The lowest BCUT2D eigenvalue weighted by molar-refractivity contribution is 0.196. The summed E-state index contributed by atoms with van der Waals surface area (Å²) in [6.45, 7) is 2.72. The van der Waals surface area contributed by atoms with Crippen molar-refractivity contribution in [1.29, 1.82) is 0 Å². The van der Waals surface area contributed by atoms with E-state index in [2.05, 4.69) is 5.32 Å². The minimum absolute atomic E-state index is 0.349. The first kappa shape index (κ1) is 15.0. The number of urea groups is 1. The summed E-state index contributed by atoms with van der Waals surface area (Å²) in [6.07, 6.45) is 0.968. The second-order valence-electron chi connectivity index (χ2n) is 5.05. The van der Waals surface area contributed by atoms with Crippen LogP contribution in [0, 0.1) is 6.92 Å². The first-order valence-corrected chi connectivity index (χ1v) is 8.21. The molecule has 1 aromatic rings. The Bertz CT molecular complexity index is 526. The van der Waals surface area contributed by atoms with Crippen LogP contribution >= 0.6 is 7.60 Å². The Morgan fingerprint density at radius 3 is 2.65 bits per heavy atom. The van der Waals surface area contributed by atoms with Crippen LogP contribution in [0.25, 0.3) is 0 Å². The number of hydrogen-bond acceptors (Lipinski definition) is 2. The quantitative estimate of drug-likeness (QED) is 0.742. The maximum absolute atomic E-state index is 12.0. The van der Waals surface area contributed by atoms with Gasteiger partial charge in [0.1, 0.15) is 5.78 Å². The van der Waals surface area contributed by atoms with Crippen LogP contribution in [0.5, 0.6) is 0 Å². The summed E-state index contributed by atoms with van der Waals surface area (Å²) in [4.78, 5) is 31.7. The van der Waals surface area contributed by atoms with E-state index in [0.717, 1.165) is 11.1 Å². The summed E-state index contributed by atoms with van der Waals surface area (Å²) in [5, 5.41) is 2.71. The van der Waals surface area contributed by atoms with Gasteiger partial charge in [-0.25, -0.2) is 4.79 Å². The maximum Gasteiger partial charge on any atom is 0.347 e. The average Bonchev–Trinajstić information content (AvgIpc) is 2.87. The lowest BCUT2D eigenvalue weighted by Crippen LogP contribution is -2.42. The van der Waals surface area contributed by atoms with E-state index >= 15 is 0 Å². The maximum atomic E-state index is 12.0. The first-order chi connectivity index (χ1) is 9.38. The molecule has 1 aliphatic heterocycles. The average molecular weight is 298 g/mol. The highest BCUT2D eigenvalue weighted by Gasteiger charge is 2.40. The molecule has 110 valence electrons. The Balaban J connectivity index is 1.94. The number of aryl methyl sites for hydroxylation is 1. The third-order valence-corrected chi connectivity index (χ3v) is 4.75. The van der Waals surface area contributed by atoms with Gasteiger partial charge >= 0.3 is 13.6 Å². The summed E-state index contributed by atoms with van der Waals surface area (Å²) in [5.41, 5.74) is 2.09. The lowest BCUT2D eigenvalue weighted by Gasteiger charge is -2.25. The molecule has 1 atom stereocenters. The highest BCUT2D eigenvalue weighted by atomic mass is 31.2. The molecule has 0 unspecified atom stereocenters. The molecule has 1 fully saturated rings. The topological polar surface area (TPSA) is 89.9 Å². The Hall–Kier alpha value is -1.36. The monoisotopic (exact) mass is 298 g/mol. The number of amides is 2. The van der Waals surface area contributed by atoms with Crippen LogP contribution < -0.4 is 5.32 Å². The van der Waals surface area contributed by atoms with Gasteiger partial charge in [-0.1, -0.05) is 29.8 Å². The van der Waals surface area contributed by atoms with E-state index in [1.807, 2.05) is 31.2 Å². The highest BCUT2D eigenvalue weighted by Crippen LogP contribution is 2.47. The van der Waals surface area contributed by atoms with Gasteiger partial charge in [0, 0.05) is 13.1 Å². The molecule has 0 saturated carbocycles. The highest BCUT2D eigenvalue weighted by molar-refractivity contribution is 7.52. The summed E-state index contributed by atoms with van der Waals surface area (Å²) >= 11 is 0. The fourth-order valence-corrected chi connectivity index (χ4v) is 3.42. The molecule has 0 aromatic heterocycles. The number of carbonyl (C=O) groups is 1. The molecule has 20 heavy (non-hydrogen) atoms. The van der Waals surface area contributed by atoms with Gasteiger partial charge < -0.3 is 20.0 Å². The van der Waals surface area contributed by atoms with Crippen molar-refractivity contribution in [1.82, 2.24) is 10.2 Å². The first-order valence-electron chi connectivity index (χ1n) is 6.53. The Morgan fingerprint density at radius 1 is 1.40 bits per heavy atom. The molecule has 1 heterocycles. The molecule has 0 bridgehead atoms. The van der Waals surface area contributed by atoms with Gasteiger partial charge in [-0.05, 0) is 25.3 Å². The second kappa shape index (κ2) is 5.95. The standard InChI is InChI=1S/C13H19N2O4P/c1-10-4-6-11(7-5-10)9-14-13(16)15-8-2-3-12(15)20(17,18)19/h4-7,12H,2-3,8-9H2,1H3,(H,14,16)(H2,17,18,19)/t12-/m1/s1. The summed E-state index contributed by atoms with van der Waals surface area (Å²) in [6, 6.07) is 7.32. The molecule has 2 amide bonds. The molecule has 1 saturated heterocycles. The Kier molecular flexibility index (Phi) is 4.48. The Morgan fingerprint density at radius 2 is 2.05 bits per heavy atom. The van der Waals surface area contributed by atoms with Crippen LogP contribution in [0.4, 0.5) is 4.79 Å². The van der Waals surface area contributed by atoms with Gasteiger partial charge in [-0.2, -0.15) is 0 Å². The third-order valence-electron chi connectivity index (χ3n) is 3.43. The van der Waals surface area contributed by atoms with Crippen LogP contribution in [0.2, 0.25) is 0 Å². The minimum atomic E-state index is -4.26. The fraction of sp³-hybridized carbons (Fsp3) is 0.462. The Labute approximate surface area is 118 Å². The van der Waals surface area contributed by atoms with Gasteiger partial charge in [0.25, 0.3) is 0 Å². The van der Waals surface area contributed by atoms with E-state index in [1.54, 1.807) is 0 Å². The predicted molar refractivity (Wildman–Crippen MR) is 75.2 cm³/mol. The summed E-state index contributed by atoms with van der Waals surface area (Å²) < 4.78 is 11.3. The SMILES string of the molecule is Cc1ccc(CNC(=O)N2CCC[C@H]2P(=O)(O)O)cc1. The van der Waals surface area contributed by atoms with Crippen molar-refractivity contribution in [3.8, 4) is 0 Å². The second-order valence-corrected chi connectivity index (χ2v) is 6.82. The van der Waals surface area contributed by atoms with Crippen molar-refractivity contribution in [2.75, 3.05) is 6.54 Å². The van der Waals surface area contributed by atoms with Gasteiger partial charge in [0.2, 0.25) is 0 Å². The number of benzene rings is 1. The molecule has 6 nitrogen and oxygen atoms in total. The summed E-state index contributed by atoms with van der Waals surface area (Å²) in [5.74, 6) is -0.986. The number of rotatable bonds is 3. The van der Waals surface area contributed by atoms with Gasteiger partial charge in [0.05, 0.1) is 0 Å². The van der Waals surface area contributed by atoms with Crippen molar-refractivity contribution in [2.24, 2.45) is 0 Å². The van der Waals surface area contributed by atoms with E-state index in [1.165, 1.54) is 4.90 Å². The third kappa shape index (κ3) is 3.60. The molecule has 1 aromatic carbocycles. The van der Waals surface area contributed by atoms with Crippen molar-refractivity contribution in [3.63, 3.8) is 0 Å². The van der Waals surface area contributed by atoms with Crippen LogP contribution in [0.15, 0.2) is 24.3 Å². The van der Waals surface area contributed by atoms with E-state index in [4.69, 9.17) is 0 Å². The van der Waals surface area contributed by atoms with Crippen LogP contribution in [-0.4, -0.2) is 33.0 Å². The van der Waals surface area contributed by atoms with E-state index < -0.39 is 19.4 Å². The molecular weight excluding hydrogens is 279 g/mol. The lowest BCUT2D eigenvalue weighted by atomic mass is 10.1. The zero-order valence-corrected chi connectivity index (χ0v) is 12.2. The molecule has 1 aliphatic rings. The van der Waals surface area contributed by atoms with Gasteiger partial charge in [-0.15, -0.1) is 0 Å². The molecule has 0 spiro atoms.